The molecular formula is C21H36O5Si. The summed E-state index contributed by atoms with van der Waals surface area (Å²) < 4.78 is 23.7. The Hall–Kier alpha value is -1.11. The Balaban J connectivity index is 2.15. The fraction of sp³-hybridized carbons (Fsp3) is 0.762. The Bertz CT molecular complexity index is 521. The number of carbonyl (C=O) groups is 1. The average molecular weight is 397 g/mol. The Morgan fingerprint density at radius 1 is 1.11 bits per heavy atom. The Morgan fingerprint density at radius 3 is 2.26 bits per heavy atom. The highest BCUT2D eigenvalue weighted by Crippen LogP contribution is 2.42. The van der Waals surface area contributed by atoms with Crippen LogP contribution in [-0.2, 0) is 18.6 Å². The second-order valence-electron chi connectivity index (χ2n) is 8.52. The van der Waals surface area contributed by atoms with E-state index < -0.39 is 20.6 Å². The van der Waals surface area contributed by atoms with Crippen LogP contribution in [0.15, 0.2) is 24.8 Å². The third-order valence-electron chi connectivity index (χ3n) is 5.91. The van der Waals surface area contributed by atoms with Gasteiger partial charge >= 0.3 is 6.16 Å². The largest absolute Gasteiger partial charge is 0.509 e. The molecule has 154 valence electrons. The van der Waals surface area contributed by atoms with Crippen LogP contribution >= 0.6 is 0 Å². The fourth-order valence-electron chi connectivity index (χ4n) is 4.74. The highest BCUT2D eigenvalue weighted by molar-refractivity contribution is 6.77. The average Bonchev–Trinajstić information content (AvgIpc) is 2.56. The number of ether oxygens (including phenoxy) is 3. The van der Waals surface area contributed by atoms with Gasteiger partial charge < -0.3 is 18.6 Å². The van der Waals surface area contributed by atoms with Crippen molar-refractivity contribution in [1.82, 2.24) is 0 Å². The van der Waals surface area contributed by atoms with E-state index in [9.17, 15) is 4.79 Å². The quantitative estimate of drug-likeness (QED) is 0.329. The van der Waals surface area contributed by atoms with Crippen LogP contribution in [0.4, 0.5) is 4.79 Å². The molecule has 2 rings (SSSR count). The van der Waals surface area contributed by atoms with Gasteiger partial charge in [-0.3, -0.25) is 0 Å². The molecule has 1 fully saturated rings. The van der Waals surface area contributed by atoms with Gasteiger partial charge in [-0.1, -0.05) is 60.3 Å². The summed E-state index contributed by atoms with van der Waals surface area (Å²) in [5.41, 5.74) is 1.57. The smallest absolute Gasteiger partial charge is 0.428 e. The minimum atomic E-state index is -1.96. The molecule has 5 nitrogen and oxygen atoms in total. The van der Waals surface area contributed by atoms with Gasteiger partial charge in [0.1, 0.15) is 12.2 Å². The number of cyclic esters (lactones) is 1. The molecule has 0 aromatic rings. The Morgan fingerprint density at radius 2 is 1.70 bits per heavy atom. The summed E-state index contributed by atoms with van der Waals surface area (Å²) >= 11 is 0. The van der Waals surface area contributed by atoms with Crippen LogP contribution in [0.5, 0.6) is 0 Å². The second kappa shape index (κ2) is 9.39. The molecule has 2 heterocycles. The minimum absolute atomic E-state index is 0.0972. The van der Waals surface area contributed by atoms with Crippen LogP contribution in [-0.4, -0.2) is 45.5 Å². The maximum absolute atomic E-state index is 11.7. The zero-order valence-corrected chi connectivity index (χ0v) is 18.6. The maximum atomic E-state index is 11.7. The van der Waals surface area contributed by atoms with Gasteiger partial charge in [0, 0.05) is 6.42 Å². The molecule has 0 spiro atoms. The summed E-state index contributed by atoms with van der Waals surface area (Å²) in [5.74, 6) is 0. The molecule has 6 heteroatoms. The van der Waals surface area contributed by atoms with Crippen molar-refractivity contribution in [2.24, 2.45) is 0 Å². The van der Waals surface area contributed by atoms with Crippen molar-refractivity contribution in [1.29, 1.82) is 0 Å². The lowest BCUT2D eigenvalue weighted by Gasteiger charge is -2.44. The molecule has 2 aliphatic heterocycles. The third-order valence-corrected chi connectivity index (χ3v) is 12.0. The second-order valence-corrected chi connectivity index (χ2v) is 14.0. The summed E-state index contributed by atoms with van der Waals surface area (Å²) in [4.78, 5) is 11.7. The molecule has 0 aromatic heterocycles. The molecule has 0 aromatic carbocycles. The summed E-state index contributed by atoms with van der Waals surface area (Å²) in [6.07, 6.45) is 5.23. The topological polar surface area (TPSA) is 54.0 Å². The van der Waals surface area contributed by atoms with Crippen molar-refractivity contribution in [2.75, 3.05) is 6.61 Å². The maximum Gasteiger partial charge on any atom is 0.509 e. The van der Waals surface area contributed by atoms with Crippen LogP contribution in [0.2, 0.25) is 16.6 Å². The minimum Gasteiger partial charge on any atom is -0.428 e. The van der Waals surface area contributed by atoms with Crippen LogP contribution in [0.1, 0.15) is 54.4 Å². The first-order chi connectivity index (χ1) is 12.7. The highest BCUT2D eigenvalue weighted by Gasteiger charge is 2.46. The summed E-state index contributed by atoms with van der Waals surface area (Å²) in [7, 11) is -1.96. The van der Waals surface area contributed by atoms with Crippen LogP contribution < -0.4 is 0 Å². The number of rotatable bonds is 7. The predicted molar refractivity (Wildman–Crippen MR) is 109 cm³/mol. The van der Waals surface area contributed by atoms with Crippen molar-refractivity contribution >= 4 is 14.5 Å². The van der Waals surface area contributed by atoms with Crippen LogP contribution in [0.3, 0.4) is 0 Å². The van der Waals surface area contributed by atoms with Gasteiger partial charge in [-0.05, 0) is 29.1 Å². The van der Waals surface area contributed by atoms with Gasteiger partial charge in [-0.15, -0.1) is 0 Å². The standard InChI is InChI=1S/C21H36O5Si/c1-8-18-20-19(26-21(22)25-18)12-10-9-11-17(24-20)13-23-27(14(2)3,15(4)5)16(6)7/h8-10,14-20H,1,11-13H2,2-7H3/b10-9-/t17-,18+,19-,20+/m0/s1. The van der Waals surface area contributed by atoms with Gasteiger partial charge in [0.15, 0.2) is 14.4 Å². The number of hydrogen-bond donors (Lipinski definition) is 0. The van der Waals surface area contributed by atoms with E-state index in [4.69, 9.17) is 18.6 Å². The lowest BCUT2D eigenvalue weighted by molar-refractivity contribution is -0.170. The van der Waals surface area contributed by atoms with Crippen molar-refractivity contribution < 1.29 is 23.4 Å². The van der Waals surface area contributed by atoms with Gasteiger partial charge in [0.25, 0.3) is 0 Å². The summed E-state index contributed by atoms with van der Waals surface area (Å²) in [5, 5.41) is 0. The van der Waals surface area contributed by atoms with Gasteiger partial charge in [0.05, 0.1) is 12.7 Å². The van der Waals surface area contributed by atoms with Crippen LogP contribution in [0, 0.1) is 0 Å². The Labute approximate surface area is 165 Å². The molecule has 0 saturated carbocycles. The lowest BCUT2D eigenvalue weighted by atomic mass is 10.0. The van der Waals surface area contributed by atoms with Crippen molar-refractivity contribution in [2.45, 2.75) is 95.4 Å². The molecule has 1 saturated heterocycles. The highest BCUT2D eigenvalue weighted by atomic mass is 28.4. The monoisotopic (exact) mass is 396 g/mol. The molecule has 0 radical (unpaired) electrons. The van der Waals surface area contributed by atoms with Crippen molar-refractivity contribution in [3.63, 3.8) is 0 Å². The zero-order chi connectivity index (χ0) is 20.2. The molecule has 2 aliphatic rings. The molecule has 0 amide bonds. The third kappa shape index (κ3) is 4.84. The molecule has 0 aliphatic carbocycles. The Kier molecular flexibility index (Phi) is 7.71. The fourth-order valence-corrected chi connectivity index (χ4v) is 10.2. The number of hydrogen-bond acceptors (Lipinski definition) is 5. The molecular weight excluding hydrogens is 360 g/mol. The van der Waals surface area contributed by atoms with Crippen molar-refractivity contribution in [3.05, 3.63) is 24.8 Å². The van der Waals surface area contributed by atoms with Gasteiger partial charge in [0.2, 0.25) is 0 Å². The zero-order valence-electron chi connectivity index (χ0n) is 17.6. The molecule has 0 N–H and O–H groups in total. The van der Waals surface area contributed by atoms with E-state index in [-0.39, 0.29) is 18.3 Å². The van der Waals surface area contributed by atoms with E-state index in [1.165, 1.54) is 0 Å². The van der Waals surface area contributed by atoms with Gasteiger partial charge in [-0.2, -0.15) is 0 Å². The first kappa shape index (κ1) is 22.2. The van der Waals surface area contributed by atoms with E-state index in [0.29, 0.717) is 29.7 Å². The lowest BCUT2D eigenvalue weighted by Crippen LogP contribution is -2.52. The van der Waals surface area contributed by atoms with E-state index in [2.05, 4.69) is 60.3 Å². The number of fused-ring (bicyclic) bond motifs is 1. The molecule has 27 heavy (non-hydrogen) atoms. The predicted octanol–water partition coefficient (Wildman–Crippen LogP) is 5.37. The van der Waals surface area contributed by atoms with E-state index >= 15 is 0 Å². The molecule has 4 atom stereocenters. The number of carbonyl (C=O) groups excluding carboxylic acids is 1. The van der Waals surface area contributed by atoms with E-state index in [0.717, 1.165) is 6.42 Å². The summed E-state index contributed by atoms with van der Waals surface area (Å²) in [6.45, 7) is 18.0. The SMILES string of the molecule is C=C[C@H]1OC(=O)O[C@H]2C/C=C\C[C@@H](CO[Si](C(C)C)(C(C)C)C(C)C)O[C@@H]21. The van der Waals surface area contributed by atoms with E-state index in [1.807, 2.05) is 0 Å². The normalized spacial score (nSPS) is 30.3. The summed E-state index contributed by atoms with van der Waals surface area (Å²) in [6, 6.07) is 0. The van der Waals surface area contributed by atoms with E-state index in [1.54, 1.807) is 6.08 Å². The molecule has 0 bridgehead atoms. The van der Waals surface area contributed by atoms with Gasteiger partial charge in [-0.25, -0.2) is 4.79 Å². The first-order valence-corrected chi connectivity index (χ1v) is 12.3. The van der Waals surface area contributed by atoms with Crippen molar-refractivity contribution in [3.8, 4) is 0 Å². The van der Waals surface area contributed by atoms with Crippen LogP contribution in [0.25, 0.3) is 0 Å². The first-order valence-electron chi connectivity index (χ1n) is 10.2. The molecule has 0 unspecified atom stereocenters.